The predicted octanol–water partition coefficient (Wildman–Crippen LogP) is 1.75. The number of aromatic amines is 1. The number of carbonyl (C=O) groups is 2. The summed E-state index contributed by atoms with van der Waals surface area (Å²) in [6.45, 7) is 4.06. The minimum atomic E-state index is -0.357. The van der Waals surface area contributed by atoms with Crippen LogP contribution in [0.25, 0.3) is 11.0 Å². The average Bonchev–Trinajstić information content (AvgIpc) is 3.13. The minimum absolute atomic E-state index is 0.0472. The van der Waals surface area contributed by atoms with E-state index in [0.717, 1.165) is 29.7 Å². The van der Waals surface area contributed by atoms with Gasteiger partial charge in [-0.3, -0.25) is 9.59 Å². The number of nitrogens with zero attached hydrogens (tertiary/aromatic N) is 2. The van der Waals surface area contributed by atoms with Crippen molar-refractivity contribution in [2.45, 2.75) is 38.8 Å². The van der Waals surface area contributed by atoms with Crippen molar-refractivity contribution in [1.29, 1.82) is 0 Å². The van der Waals surface area contributed by atoms with Gasteiger partial charge in [-0.2, -0.15) is 0 Å². The summed E-state index contributed by atoms with van der Waals surface area (Å²) in [4.78, 5) is 33.3. The maximum Gasteiger partial charge on any atom is 0.243 e. The molecule has 0 radical (unpaired) electrons. The third kappa shape index (κ3) is 2.68. The molecular formula is C16H20N4O2. The van der Waals surface area contributed by atoms with Crippen LogP contribution < -0.4 is 5.32 Å². The zero-order valence-electron chi connectivity index (χ0n) is 12.8. The fraction of sp³-hybridized carbons (Fsp3) is 0.438. The summed E-state index contributed by atoms with van der Waals surface area (Å²) < 4.78 is 0. The van der Waals surface area contributed by atoms with Gasteiger partial charge in [-0.25, -0.2) is 4.98 Å². The summed E-state index contributed by atoms with van der Waals surface area (Å²) in [5.74, 6) is 0.566. The summed E-state index contributed by atoms with van der Waals surface area (Å²) in [5.41, 5.74) is 1.83. The van der Waals surface area contributed by atoms with Crippen molar-refractivity contribution < 1.29 is 9.59 Å². The molecule has 1 fully saturated rings. The summed E-state index contributed by atoms with van der Waals surface area (Å²) in [6, 6.07) is 7.17. The highest BCUT2D eigenvalue weighted by Gasteiger charge is 2.33. The van der Waals surface area contributed by atoms with E-state index in [0.29, 0.717) is 6.54 Å². The fourth-order valence-electron chi connectivity index (χ4n) is 2.97. The van der Waals surface area contributed by atoms with Gasteiger partial charge in [0, 0.05) is 13.5 Å². The van der Waals surface area contributed by atoms with E-state index in [-0.39, 0.29) is 23.9 Å². The maximum atomic E-state index is 12.4. The molecule has 3 rings (SSSR count). The van der Waals surface area contributed by atoms with Crippen molar-refractivity contribution in [1.82, 2.24) is 20.2 Å². The molecule has 0 saturated carbocycles. The number of aromatic nitrogens is 2. The van der Waals surface area contributed by atoms with Gasteiger partial charge in [0.05, 0.1) is 17.1 Å². The first kappa shape index (κ1) is 14.6. The molecule has 0 spiro atoms. The van der Waals surface area contributed by atoms with Crippen LogP contribution >= 0.6 is 0 Å². The monoisotopic (exact) mass is 300 g/mol. The van der Waals surface area contributed by atoms with Gasteiger partial charge in [-0.05, 0) is 31.9 Å². The predicted molar refractivity (Wildman–Crippen MR) is 83.1 cm³/mol. The molecular weight excluding hydrogens is 280 g/mol. The quantitative estimate of drug-likeness (QED) is 0.906. The van der Waals surface area contributed by atoms with Crippen molar-refractivity contribution in [3.63, 3.8) is 0 Å². The summed E-state index contributed by atoms with van der Waals surface area (Å²) >= 11 is 0. The highest BCUT2D eigenvalue weighted by molar-refractivity contribution is 5.87. The number of para-hydroxylation sites is 2. The van der Waals surface area contributed by atoms with Crippen LogP contribution in [0.1, 0.15) is 38.6 Å². The van der Waals surface area contributed by atoms with Gasteiger partial charge in [-0.15, -0.1) is 0 Å². The summed E-state index contributed by atoms with van der Waals surface area (Å²) in [5, 5.41) is 2.96. The first-order chi connectivity index (χ1) is 10.6. The van der Waals surface area contributed by atoms with Crippen LogP contribution in [-0.2, 0) is 9.59 Å². The molecule has 116 valence electrons. The number of hydrogen-bond donors (Lipinski definition) is 2. The van der Waals surface area contributed by atoms with E-state index in [9.17, 15) is 9.59 Å². The molecule has 2 aromatic rings. The molecule has 0 bridgehead atoms. The number of fused-ring (bicyclic) bond motifs is 1. The van der Waals surface area contributed by atoms with E-state index < -0.39 is 0 Å². The Morgan fingerprint density at radius 2 is 2.18 bits per heavy atom. The van der Waals surface area contributed by atoms with Crippen LogP contribution in [-0.4, -0.2) is 39.3 Å². The van der Waals surface area contributed by atoms with Crippen molar-refractivity contribution in [2.75, 3.05) is 6.54 Å². The number of amides is 2. The zero-order chi connectivity index (χ0) is 15.7. The molecule has 1 aromatic heterocycles. The van der Waals surface area contributed by atoms with Gasteiger partial charge < -0.3 is 15.2 Å². The maximum absolute atomic E-state index is 12.4. The van der Waals surface area contributed by atoms with Gasteiger partial charge in [-0.1, -0.05) is 12.1 Å². The van der Waals surface area contributed by atoms with Crippen LogP contribution in [0.15, 0.2) is 24.3 Å². The number of likely N-dealkylation sites (tertiary alicyclic amines) is 1. The smallest absolute Gasteiger partial charge is 0.243 e. The molecule has 2 atom stereocenters. The van der Waals surface area contributed by atoms with Crippen LogP contribution in [0.4, 0.5) is 0 Å². The standard InChI is InChI=1S/C16H20N4O2/c1-10(15-18-12-6-3-4-7-13(12)19-15)17-16(22)14-8-5-9-20(14)11(2)21/h3-4,6-7,10,14H,5,8-9H2,1-2H3,(H,17,22)(H,18,19). The lowest BCUT2D eigenvalue weighted by Crippen LogP contribution is -2.45. The highest BCUT2D eigenvalue weighted by Crippen LogP contribution is 2.20. The molecule has 1 aliphatic rings. The van der Waals surface area contributed by atoms with E-state index in [4.69, 9.17) is 0 Å². The third-order valence-electron chi connectivity index (χ3n) is 4.14. The topological polar surface area (TPSA) is 78.1 Å². The molecule has 0 aliphatic carbocycles. The second kappa shape index (κ2) is 5.79. The molecule has 1 aromatic carbocycles. The molecule has 2 N–H and O–H groups in total. The van der Waals surface area contributed by atoms with Gasteiger partial charge in [0.25, 0.3) is 0 Å². The molecule has 6 heteroatoms. The number of imidazole rings is 1. The number of rotatable bonds is 3. The van der Waals surface area contributed by atoms with Gasteiger partial charge in [0.2, 0.25) is 11.8 Å². The lowest BCUT2D eigenvalue weighted by molar-refractivity contribution is -0.137. The third-order valence-corrected chi connectivity index (χ3v) is 4.14. The average molecular weight is 300 g/mol. The Labute approximate surface area is 128 Å². The summed E-state index contributed by atoms with van der Waals surface area (Å²) in [6.07, 6.45) is 1.59. The summed E-state index contributed by atoms with van der Waals surface area (Å²) in [7, 11) is 0. The number of carbonyl (C=O) groups excluding carboxylic acids is 2. The molecule has 22 heavy (non-hydrogen) atoms. The Bertz CT molecular complexity index is 676. The SMILES string of the molecule is CC(=O)N1CCCC1C(=O)NC(C)c1nc2ccccc2[nH]1. The first-order valence-corrected chi connectivity index (χ1v) is 7.58. The van der Waals surface area contributed by atoms with Crippen molar-refractivity contribution in [2.24, 2.45) is 0 Å². The molecule has 2 heterocycles. The van der Waals surface area contributed by atoms with Crippen LogP contribution in [0, 0.1) is 0 Å². The Kier molecular flexibility index (Phi) is 3.83. The Balaban J connectivity index is 1.72. The van der Waals surface area contributed by atoms with Crippen molar-refractivity contribution in [3.05, 3.63) is 30.1 Å². The van der Waals surface area contributed by atoms with Gasteiger partial charge in [0.15, 0.2) is 0 Å². The number of H-pyrrole nitrogens is 1. The lowest BCUT2D eigenvalue weighted by atomic mass is 10.2. The number of benzene rings is 1. The van der Waals surface area contributed by atoms with Crippen LogP contribution in [0.2, 0.25) is 0 Å². The van der Waals surface area contributed by atoms with Crippen LogP contribution in [0.3, 0.4) is 0 Å². The molecule has 2 unspecified atom stereocenters. The van der Waals surface area contributed by atoms with E-state index in [1.54, 1.807) is 4.90 Å². The second-order valence-corrected chi connectivity index (χ2v) is 5.74. The largest absolute Gasteiger partial charge is 0.345 e. The first-order valence-electron chi connectivity index (χ1n) is 7.58. The van der Waals surface area contributed by atoms with Crippen LogP contribution in [0.5, 0.6) is 0 Å². The van der Waals surface area contributed by atoms with E-state index in [2.05, 4.69) is 15.3 Å². The second-order valence-electron chi connectivity index (χ2n) is 5.74. The Morgan fingerprint density at radius 1 is 1.41 bits per heavy atom. The Hall–Kier alpha value is -2.37. The molecule has 1 saturated heterocycles. The lowest BCUT2D eigenvalue weighted by Gasteiger charge is -2.23. The fourth-order valence-corrected chi connectivity index (χ4v) is 2.97. The van der Waals surface area contributed by atoms with Gasteiger partial charge in [0.1, 0.15) is 11.9 Å². The molecule has 1 aliphatic heterocycles. The van der Waals surface area contributed by atoms with E-state index in [1.807, 2.05) is 31.2 Å². The highest BCUT2D eigenvalue weighted by atomic mass is 16.2. The minimum Gasteiger partial charge on any atom is -0.345 e. The molecule has 2 amide bonds. The zero-order valence-corrected chi connectivity index (χ0v) is 12.8. The van der Waals surface area contributed by atoms with Crippen molar-refractivity contribution in [3.8, 4) is 0 Å². The number of nitrogens with one attached hydrogen (secondary N) is 2. The number of hydrogen-bond acceptors (Lipinski definition) is 3. The normalized spacial score (nSPS) is 19.4. The van der Waals surface area contributed by atoms with Crippen molar-refractivity contribution >= 4 is 22.8 Å². The van der Waals surface area contributed by atoms with Gasteiger partial charge >= 0.3 is 0 Å². The Morgan fingerprint density at radius 3 is 2.91 bits per heavy atom. The molecule has 6 nitrogen and oxygen atoms in total. The van der Waals surface area contributed by atoms with E-state index in [1.165, 1.54) is 6.92 Å². The van der Waals surface area contributed by atoms with E-state index >= 15 is 0 Å².